The van der Waals surface area contributed by atoms with E-state index in [1.165, 1.54) is 10.9 Å². The van der Waals surface area contributed by atoms with Gasteiger partial charge in [-0.3, -0.25) is 4.79 Å². The summed E-state index contributed by atoms with van der Waals surface area (Å²) in [6, 6.07) is 16.7. The summed E-state index contributed by atoms with van der Waals surface area (Å²) < 4.78 is 7.55. The number of rotatable bonds is 4. The molecule has 0 saturated heterocycles. The van der Waals surface area contributed by atoms with Crippen LogP contribution in [0.3, 0.4) is 0 Å². The van der Waals surface area contributed by atoms with Crippen LogP contribution in [0.2, 0.25) is 0 Å². The Balaban J connectivity index is 1.84. The molecule has 0 atom stereocenters. The number of aryl methyl sites for hydroxylation is 1. The number of carbonyl (C=O) groups excluding carboxylic acids is 1. The van der Waals surface area contributed by atoms with Gasteiger partial charge in [0.05, 0.1) is 18.9 Å². The second-order valence-corrected chi connectivity index (χ2v) is 7.37. The molecule has 4 aromatic rings. The van der Waals surface area contributed by atoms with Crippen LogP contribution in [-0.2, 0) is 0 Å². The Morgan fingerprint density at radius 3 is 2.77 bits per heavy atom. The fourth-order valence-electron chi connectivity index (χ4n) is 3.19. The summed E-state index contributed by atoms with van der Waals surface area (Å²) in [4.78, 5) is 17.5. The predicted molar refractivity (Wildman–Crippen MR) is 117 cm³/mol. The van der Waals surface area contributed by atoms with Crippen LogP contribution in [-0.4, -0.2) is 27.8 Å². The average molecular weight is 462 g/mol. The number of carbonyl (C=O) groups is 1. The monoisotopic (exact) mass is 461 g/mol. The summed E-state index contributed by atoms with van der Waals surface area (Å²) in [5.74, 6) is 0.979. The van der Waals surface area contributed by atoms with Crippen molar-refractivity contribution in [3.05, 3.63) is 75.9 Å². The number of amides is 1. The molecule has 30 heavy (non-hydrogen) atoms. The van der Waals surface area contributed by atoms with Crippen LogP contribution < -0.4 is 10.1 Å². The minimum Gasteiger partial charge on any atom is -0.494 e. The first-order valence-corrected chi connectivity index (χ1v) is 9.81. The molecular weight excluding hydrogens is 446 g/mol. The van der Waals surface area contributed by atoms with Gasteiger partial charge in [-0.2, -0.15) is 15.0 Å². The van der Waals surface area contributed by atoms with Gasteiger partial charge in [-0.25, -0.2) is 4.98 Å². The zero-order valence-corrected chi connectivity index (χ0v) is 17.8. The highest BCUT2D eigenvalue weighted by molar-refractivity contribution is 9.10. The third-order valence-electron chi connectivity index (χ3n) is 4.67. The number of hydrogen-bond donors (Lipinski definition) is 1. The molecule has 7 nitrogen and oxygen atoms in total. The summed E-state index contributed by atoms with van der Waals surface area (Å²) in [7, 11) is 1.59. The van der Waals surface area contributed by atoms with E-state index in [-0.39, 0.29) is 17.3 Å². The number of nitriles is 1. The van der Waals surface area contributed by atoms with Crippen LogP contribution in [0.4, 0.5) is 5.82 Å². The highest BCUT2D eigenvalue weighted by atomic mass is 79.9. The van der Waals surface area contributed by atoms with E-state index >= 15 is 0 Å². The van der Waals surface area contributed by atoms with Crippen LogP contribution in [0.15, 0.2) is 59.2 Å². The summed E-state index contributed by atoms with van der Waals surface area (Å²) in [5.41, 5.74) is 2.31. The second-order valence-electron chi connectivity index (χ2n) is 6.52. The molecule has 0 aliphatic rings. The van der Waals surface area contributed by atoms with E-state index in [2.05, 4.69) is 37.4 Å². The zero-order chi connectivity index (χ0) is 21.3. The van der Waals surface area contributed by atoms with Crippen molar-refractivity contribution >= 4 is 38.6 Å². The minimum atomic E-state index is -0.365. The Morgan fingerprint density at radius 1 is 1.23 bits per heavy atom. The first-order valence-electron chi connectivity index (χ1n) is 9.02. The Kier molecular flexibility index (Phi) is 5.21. The van der Waals surface area contributed by atoms with Crippen molar-refractivity contribution in [1.29, 1.82) is 5.26 Å². The number of nitrogens with zero attached hydrogens (tertiary/aromatic N) is 4. The number of benzene rings is 2. The second kappa shape index (κ2) is 7.97. The fraction of sp³-hybridized carbons (Fsp3) is 0.0909. The molecule has 2 aromatic heterocycles. The number of anilines is 1. The lowest BCUT2D eigenvalue weighted by Crippen LogP contribution is -2.17. The number of aromatic nitrogens is 3. The molecule has 0 aliphatic carbocycles. The molecule has 0 spiro atoms. The van der Waals surface area contributed by atoms with Crippen molar-refractivity contribution in [1.82, 2.24) is 14.8 Å². The maximum absolute atomic E-state index is 12.8. The smallest absolute Gasteiger partial charge is 0.257 e. The first kappa shape index (κ1) is 19.6. The third-order valence-corrected chi connectivity index (χ3v) is 5.36. The lowest BCUT2D eigenvalue weighted by atomic mass is 10.1. The summed E-state index contributed by atoms with van der Waals surface area (Å²) in [6.45, 7) is 1.96. The van der Waals surface area contributed by atoms with Crippen molar-refractivity contribution < 1.29 is 9.53 Å². The standard InChI is InChI=1S/C22H16BrN5O2/c1-13-10-19(26-20-15(13)7-5-9-18(20)30-2)28-21(14(11-24)12-25-28)27-22(29)16-6-3-4-8-17(16)23/h3-10,12H,1-2H3,(H,27,29). The Morgan fingerprint density at radius 2 is 2.03 bits per heavy atom. The van der Waals surface area contributed by atoms with Crippen molar-refractivity contribution in [2.45, 2.75) is 6.92 Å². The van der Waals surface area contributed by atoms with Gasteiger partial charge in [-0.05, 0) is 52.7 Å². The molecule has 0 radical (unpaired) electrons. The molecule has 0 fully saturated rings. The van der Waals surface area contributed by atoms with Crippen molar-refractivity contribution in [3.8, 4) is 17.6 Å². The molecular formula is C22H16BrN5O2. The van der Waals surface area contributed by atoms with Gasteiger partial charge in [0, 0.05) is 9.86 Å². The average Bonchev–Trinajstić information content (AvgIpc) is 3.16. The van der Waals surface area contributed by atoms with Crippen LogP contribution in [0.1, 0.15) is 21.5 Å². The first-order chi connectivity index (χ1) is 14.5. The molecule has 4 rings (SSSR count). The summed E-state index contributed by atoms with van der Waals surface area (Å²) in [5, 5.41) is 17.6. The molecule has 0 saturated carbocycles. The maximum atomic E-state index is 12.8. The van der Waals surface area contributed by atoms with Crippen molar-refractivity contribution in [3.63, 3.8) is 0 Å². The molecule has 8 heteroatoms. The van der Waals surface area contributed by atoms with E-state index in [0.29, 0.717) is 27.1 Å². The van der Waals surface area contributed by atoms with Gasteiger partial charge < -0.3 is 10.1 Å². The number of nitrogens with one attached hydrogen (secondary N) is 1. The van der Waals surface area contributed by atoms with Crippen LogP contribution >= 0.6 is 15.9 Å². The van der Waals surface area contributed by atoms with E-state index in [4.69, 9.17) is 4.74 Å². The van der Waals surface area contributed by atoms with Crippen LogP contribution in [0.5, 0.6) is 5.75 Å². The predicted octanol–water partition coefficient (Wildman–Crippen LogP) is 4.62. The molecule has 0 bridgehead atoms. The van der Waals surface area contributed by atoms with E-state index in [9.17, 15) is 10.1 Å². The molecule has 148 valence electrons. The lowest BCUT2D eigenvalue weighted by Gasteiger charge is -2.13. The normalized spacial score (nSPS) is 10.6. The van der Waals surface area contributed by atoms with Crippen LogP contribution in [0.25, 0.3) is 16.7 Å². The van der Waals surface area contributed by atoms with Gasteiger partial charge in [-0.15, -0.1) is 0 Å². The topological polar surface area (TPSA) is 92.8 Å². The van der Waals surface area contributed by atoms with Gasteiger partial charge in [0.25, 0.3) is 5.91 Å². The van der Waals surface area contributed by atoms with Crippen LogP contribution in [0, 0.1) is 18.3 Å². The van der Waals surface area contributed by atoms with Gasteiger partial charge in [0.2, 0.25) is 0 Å². The third kappa shape index (κ3) is 3.40. The molecule has 1 amide bonds. The number of fused-ring (bicyclic) bond motifs is 1. The highest BCUT2D eigenvalue weighted by Crippen LogP contribution is 2.29. The van der Waals surface area contributed by atoms with E-state index < -0.39 is 0 Å². The molecule has 0 unspecified atom stereocenters. The Labute approximate surface area is 181 Å². The maximum Gasteiger partial charge on any atom is 0.257 e. The summed E-state index contributed by atoms with van der Waals surface area (Å²) >= 11 is 3.38. The largest absolute Gasteiger partial charge is 0.494 e. The number of para-hydroxylation sites is 1. The van der Waals surface area contributed by atoms with Crippen molar-refractivity contribution in [2.24, 2.45) is 0 Å². The van der Waals surface area contributed by atoms with Gasteiger partial charge in [-0.1, -0.05) is 24.3 Å². The van der Waals surface area contributed by atoms with E-state index in [1.807, 2.05) is 37.3 Å². The number of halogens is 1. The van der Waals surface area contributed by atoms with Gasteiger partial charge >= 0.3 is 0 Å². The molecule has 2 heterocycles. The van der Waals surface area contributed by atoms with Gasteiger partial charge in [0.15, 0.2) is 11.6 Å². The zero-order valence-electron chi connectivity index (χ0n) is 16.2. The number of ether oxygens (including phenoxy) is 1. The minimum absolute atomic E-state index is 0.231. The van der Waals surface area contributed by atoms with Gasteiger partial charge in [0.1, 0.15) is 22.9 Å². The Hall–Kier alpha value is -3.70. The lowest BCUT2D eigenvalue weighted by molar-refractivity contribution is 0.102. The van der Waals surface area contributed by atoms with E-state index in [0.717, 1.165) is 10.9 Å². The number of methoxy groups -OCH3 is 1. The van der Waals surface area contributed by atoms with E-state index in [1.54, 1.807) is 25.3 Å². The number of hydrogen-bond acceptors (Lipinski definition) is 5. The fourth-order valence-corrected chi connectivity index (χ4v) is 3.66. The highest BCUT2D eigenvalue weighted by Gasteiger charge is 2.19. The SMILES string of the molecule is COc1cccc2c(C)cc(-n3ncc(C#N)c3NC(=O)c3ccccc3Br)nc12. The molecule has 0 aliphatic heterocycles. The molecule has 2 aromatic carbocycles. The molecule has 1 N–H and O–H groups in total. The Bertz CT molecular complexity index is 1320. The number of pyridine rings is 1. The summed E-state index contributed by atoms with van der Waals surface area (Å²) in [6.07, 6.45) is 1.40. The van der Waals surface area contributed by atoms with Crippen molar-refractivity contribution in [2.75, 3.05) is 12.4 Å². The quantitative estimate of drug-likeness (QED) is 0.478.